The molecule has 7 heteroatoms. The van der Waals surface area contributed by atoms with E-state index >= 15 is 0 Å². The summed E-state index contributed by atoms with van der Waals surface area (Å²) < 4.78 is 12.4. The highest BCUT2D eigenvalue weighted by atomic mass is 79.9. The van der Waals surface area contributed by atoms with Crippen molar-refractivity contribution in [3.8, 4) is 0 Å². The SMILES string of the molecule is COCc1c(C(=O)OC)nnn1Cc1ccc(Br)cc1. The molecule has 106 valence electrons. The van der Waals surface area contributed by atoms with Gasteiger partial charge in [-0.15, -0.1) is 5.10 Å². The Morgan fingerprint density at radius 2 is 2.00 bits per heavy atom. The number of halogens is 1. The Kier molecular flexibility index (Phi) is 4.86. The topological polar surface area (TPSA) is 66.2 Å². The molecule has 6 nitrogen and oxygen atoms in total. The monoisotopic (exact) mass is 339 g/mol. The summed E-state index contributed by atoms with van der Waals surface area (Å²) in [6, 6.07) is 7.84. The quantitative estimate of drug-likeness (QED) is 0.779. The third kappa shape index (κ3) is 3.23. The maximum Gasteiger partial charge on any atom is 0.360 e. The second-order valence-corrected chi connectivity index (χ2v) is 5.01. The Balaban J connectivity index is 2.29. The summed E-state index contributed by atoms with van der Waals surface area (Å²) in [5.74, 6) is -0.515. The molecule has 0 unspecified atom stereocenters. The van der Waals surface area contributed by atoms with Crippen molar-refractivity contribution in [1.82, 2.24) is 15.0 Å². The number of aromatic nitrogens is 3. The minimum Gasteiger partial charge on any atom is -0.464 e. The van der Waals surface area contributed by atoms with E-state index in [9.17, 15) is 4.79 Å². The van der Waals surface area contributed by atoms with Crippen LogP contribution in [0.4, 0.5) is 0 Å². The van der Waals surface area contributed by atoms with Gasteiger partial charge in [0, 0.05) is 11.6 Å². The Bertz CT molecular complexity index is 595. The van der Waals surface area contributed by atoms with Crippen molar-refractivity contribution >= 4 is 21.9 Å². The normalized spacial score (nSPS) is 10.6. The van der Waals surface area contributed by atoms with Crippen LogP contribution in [-0.2, 0) is 22.6 Å². The molecule has 0 saturated carbocycles. The summed E-state index contributed by atoms with van der Waals surface area (Å²) in [6.45, 7) is 0.754. The molecule has 20 heavy (non-hydrogen) atoms. The van der Waals surface area contributed by atoms with Crippen LogP contribution in [0.3, 0.4) is 0 Å². The molecule has 0 atom stereocenters. The fraction of sp³-hybridized carbons (Fsp3) is 0.308. The smallest absolute Gasteiger partial charge is 0.360 e. The molecule has 0 spiro atoms. The summed E-state index contributed by atoms with van der Waals surface area (Å²) in [4.78, 5) is 11.6. The third-order valence-electron chi connectivity index (χ3n) is 2.74. The minimum absolute atomic E-state index is 0.187. The summed E-state index contributed by atoms with van der Waals surface area (Å²) in [6.07, 6.45) is 0. The van der Waals surface area contributed by atoms with Gasteiger partial charge in [-0.1, -0.05) is 33.3 Å². The van der Waals surface area contributed by atoms with E-state index in [2.05, 4.69) is 31.0 Å². The van der Waals surface area contributed by atoms with Crippen LogP contribution in [0.1, 0.15) is 21.7 Å². The van der Waals surface area contributed by atoms with E-state index in [1.807, 2.05) is 24.3 Å². The molecule has 1 heterocycles. The van der Waals surface area contributed by atoms with Crippen molar-refractivity contribution in [1.29, 1.82) is 0 Å². The fourth-order valence-electron chi connectivity index (χ4n) is 1.76. The summed E-state index contributed by atoms with van der Waals surface area (Å²) in [7, 11) is 2.87. The largest absolute Gasteiger partial charge is 0.464 e. The zero-order valence-electron chi connectivity index (χ0n) is 11.2. The second-order valence-electron chi connectivity index (χ2n) is 4.09. The van der Waals surface area contributed by atoms with Crippen LogP contribution < -0.4 is 0 Å². The maximum absolute atomic E-state index is 11.6. The molecular formula is C13H14BrN3O3. The van der Waals surface area contributed by atoms with Crippen molar-refractivity contribution in [2.75, 3.05) is 14.2 Å². The van der Waals surface area contributed by atoms with Crippen LogP contribution in [0.5, 0.6) is 0 Å². The average molecular weight is 340 g/mol. The Hall–Kier alpha value is -1.73. The van der Waals surface area contributed by atoms with E-state index in [0.717, 1.165) is 10.0 Å². The first-order chi connectivity index (χ1) is 9.65. The molecule has 2 rings (SSSR count). The molecule has 1 aromatic heterocycles. The predicted octanol–water partition coefficient (Wildman–Crippen LogP) is 2.02. The van der Waals surface area contributed by atoms with Gasteiger partial charge in [0.1, 0.15) is 0 Å². The maximum atomic E-state index is 11.6. The first kappa shape index (κ1) is 14.7. The van der Waals surface area contributed by atoms with Gasteiger partial charge in [-0.3, -0.25) is 0 Å². The van der Waals surface area contributed by atoms with Crippen molar-refractivity contribution in [3.05, 3.63) is 45.7 Å². The van der Waals surface area contributed by atoms with E-state index in [0.29, 0.717) is 12.2 Å². The van der Waals surface area contributed by atoms with Gasteiger partial charge in [0.25, 0.3) is 0 Å². The van der Waals surface area contributed by atoms with Gasteiger partial charge < -0.3 is 9.47 Å². The number of carbonyl (C=O) groups is 1. The van der Waals surface area contributed by atoms with Gasteiger partial charge in [0.2, 0.25) is 0 Å². The summed E-state index contributed by atoms with van der Waals surface area (Å²) in [5, 5.41) is 7.86. The standard InChI is InChI=1S/C13H14BrN3O3/c1-19-8-11-12(13(18)20-2)15-16-17(11)7-9-3-5-10(14)6-4-9/h3-6H,7-8H2,1-2H3. The third-order valence-corrected chi connectivity index (χ3v) is 3.27. The molecule has 0 fully saturated rings. The summed E-state index contributed by atoms with van der Waals surface area (Å²) >= 11 is 3.39. The number of methoxy groups -OCH3 is 2. The fourth-order valence-corrected chi connectivity index (χ4v) is 2.02. The number of esters is 1. The highest BCUT2D eigenvalue weighted by Crippen LogP contribution is 2.14. The predicted molar refractivity (Wildman–Crippen MR) is 75.3 cm³/mol. The van der Waals surface area contributed by atoms with Gasteiger partial charge in [-0.2, -0.15) is 0 Å². The van der Waals surface area contributed by atoms with E-state index in [1.165, 1.54) is 7.11 Å². The van der Waals surface area contributed by atoms with E-state index in [1.54, 1.807) is 11.8 Å². The van der Waals surface area contributed by atoms with Crippen molar-refractivity contribution in [2.24, 2.45) is 0 Å². The van der Waals surface area contributed by atoms with Gasteiger partial charge in [0.05, 0.1) is 26.0 Å². The molecule has 0 saturated heterocycles. The lowest BCUT2D eigenvalue weighted by Gasteiger charge is -2.07. The number of benzene rings is 1. The molecule has 2 aromatic rings. The molecule has 0 bridgehead atoms. The first-order valence-electron chi connectivity index (χ1n) is 5.89. The number of carbonyl (C=O) groups excluding carboxylic acids is 1. The number of hydrogen-bond donors (Lipinski definition) is 0. The molecule has 0 N–H and O–H groups in total. The van der Waals surface area contributed by atoms with Crippen LogP contribution in [0, 0.1) is 0 Å². The Labute approximate surface area is 124 Å². The summed E-state index contributed by atoms with van der Waals surface area (Å²) in [5.41, 5.74) is 1.83. The van der Waals surface area contributed by atoms with E-state index in [-0.39, 0.29) is 12.3 Å². The molecule has 0 aliphatic rings. The number of ether oxygens (including phenoxy) is 2. The van der Waals surface area contributed by atoms with E-state index in [4.69, 9.17) is 4.74 Å². The van der Waals surface area contributed by atoms with E-state index < -0.39 is 5.97 Å². The Morgan fingerprint density at radius 3 is 2.60 bits per heavy atom. The van der Waals surface area contributed by atoms with Gasteiger partial charge in [-0.05, 0) is 17.7 Å². The van der Waals surface area contributed by atoms with Gasteiger partial charge in [0.15, 0.2) is 5.69 Å². The highest BCUT2D eigenvalue weighted by molar-refractivity contribution is 9.10. The molecule has 0 radical (unpaired) electrons. The van der Waals surface area contributed by atoms with Crippen molar-refractivity contribution in [2.45, 2.75) is 13.2 Å². The van der Waals surface area contributed by atoms with Crippen LogP contribution >= 0.6 is 15.9 Å². The van der Waals surface area contributed by atoms with Crippen molar-refractivity contribution < 1.29 is 14.3 Å². The van der Waals surface area contributed by atoms with Gasteiger partial charge in [-0.25, -0.2) is 9.48 Å². The lowest BCUT2D eigenvalue weighted by atomic mass is 10.2. The minimum atomic E-state index is -0.515. The second kappa shape index (κ2) is 6.62. The zero-order valence-corrected chi connectivity index (χ0v) is 12.8. The highest BCUT2D eigenvalue weighted by Gasteiger charge is 2.20. The Morgan fingerprint density at radius 1 is 1.30 bits per heavy atom. The first-order valence-corrected chi connectivity index (χ1v) is 6.69. The molecule has 0 aliphatic carbocycles. The molecule has 0 aliphatic heterocycles. The lowest BCUT2D eigenvalue weighted by Crippen LogP contribution is -2.11. The number of hydrogen-bond acceptors (Lipinski definition) is 5. The van der Waals surface area contributed by atoms with Crippen LogP contribution in [0.25, 0.3) is 0 Å². The van der Waals surface area contributed by atoms with Crippen molar-refractivity contribution in [3.63, 3.8) is 0 Å². The number of rotatable bonds is 5. The lowest BCUT2D eigenvalue weighted by molar-refractivity contribution is 0.0588. The number of nitrogens with zero attached hydrogens (tertiary/aromatic N) is 3. The van der Waals surface area contributed by atoms with Crippen LogP contribution in [0.15, 0.2) is 28.7 Å². The zero-order chi connectivity index (χ0) is 14.5. The van der Waals surface area contributed by atoms with Crippen LogP contribution in [0.2, 0.25) is 0 Å². The molecule has 1 aromatic carbocycles. The molecule has 0 amide bonds. The van der Waals surface area contributed by atoms with Crippen LogP contribution in [-0.4, -0.2) is 35.2 Å². The molecular weight excluding hydrogens is 326 g/mol. The van der Waals surface area contributed by atoms with Gasteiger partial charge >= 0.3 is 5.97 Å². The average Bonchev–Trinajstić information content (AvgIpc) is 2.84.